The van der Waals surface area contributed by atoms with Crippen LogP contribution in [0.3, 0.4) is 0 Å². The summed E-state index contributed by atoms with van der Waals surface area (Å²) in [6.07, 6.45) is 6.75. The highest BCUT2D eigenvalue weighted by atomic mass is 16.5. The number of ether oxygens (including phenoxy) is 1. The molecule has 0 aromatic rings. The van der Waals surface area contributed by atoms with E-state index in [2.05, 4.69) is 30.6 Å². The number of hydrogen-bond donors (Lipinski definition) is 1. The maximum Gasteiger partial charge on any atom is 0.0829 e. The molecule has 4 nitrogen and oxygen atoms in total. The second-order valence-corrected chi connectivity index (χ2v) is 7.16. The minimum Gasteiger partial charge on any atom is -0.374 e. The summed E-state index contributed by atoms with van der Waals surface area (Å²) in [6.45, 7) is 12.9. The molecule has 0 radical (unpaired) electrons. The van der Waals surface area contributed by atoms with Crippen molar-refractivity contribution in [1.82, 2.24) is 9.80 Å². The molecular formula is C17H35N3O. The van der Waals surface area contributed by atoms with Crippen LogP contribution < -0.4 is 5.73 Å². The Morgan fingerprint density at radius 1 is 1.33 bits per heavy atom. The van der Waals surface area contributed by atoms with Gasteiger partial charge in [0.05, 0.1) is 12.7 Å². The highest BCUT2D eigenvalue weighted by molar-refractivity contribution is 4.97. The summed E-state index contributed by atoms with van der Waals surface area (Å²) in [6, 6.07) is 0.617. The minimum absolute atomic E-state index is 0.249. The van der Waals surface area contributed by atoms with Gasteiger partial charge in [0, 0.05) is 37.8 Å². The van der Waals surface area contributed by atoms with Crippen molar-refractivity contribution in [3.63, 3.8) is 0 Å². The quantitative estimate of drug-likeness (QED) is 0.781. The summed E-state index contributed by atoms with van der Waals surface area (Å²) in [7, 11) is 0. The summed E-state index contributed by atoms with van der Waals surface area (Å²) >= 11 is 0. The Kier molecular flexibility index (Phi) is 6.48. The number of morpholine rings is 1. The van der Waals surface area contributed by atoms with Crippen LogP contribution in [0.1, 0.15) is 52.9 Å². The topological polar surface area (TPSA) is 41.7 Å². The zero-order chi connectivity index (χ0) is 15.3. The molecule has 21 heavy (non-hydrogen) atoms. The highest BCUT2D eigenvalue weighted by Crippen LogP contribution is 2.35. The first kappa shape index (κ1) is 17.2. The van der Waals surface area contributed by atoms with Crippen molar-refractivity contribution in [3.05, 3.63) is 0 Å². The van der Waals surface area contributed by atoms with Gasteiger partial charge in [-0.15, -0.1) is 0 Å². The summed E-state index contributed by atoms with van der Waals surface area (Å²) in [5.41, 5.74) is 6.44. The van der Waals surface area contributed by atoms with Gasteiger partial charge >= 0.3 is 0 Å². The lowest BCUT2D eigenvalue weighted by molar-refractivity contribution is -0.0663. The standard InChI is InChI=1S/C17H35N3O/c1-4-9-20(17(14-18)7-5-6-8-17)13-16-12-19(15(2)3)10-11-21-16/h15-16H,4-14,18H2,1-3H3. The molecule has 4 heteroatoms. The maximum absolute atomic E-state index is 6.19. The molecule has 0 aromatic heterocycles. The van der Waals surface area contributed by atoms with Crippen LogP contribution >= 0.6 is 0 Å². The van der Waals surface area contributed by atoms with Crippen LogP contribution in [0.15, 0.2) is 0 Å². The van der Waals surface area contributed by atoms with Crippen molar-refractivity contribution < 1.29 is 4.74 Å². The number of nitrogens with zero attached hydrogens (tertiary/aromatic N) is 2. The van der Waals surface area contributed by atoms with Crippen molar-refractivity contribution in [1.29, 1.82) is 0 Å². The Balaban J connectivity index is 1.98. The lowest BCUT2D eigenvalue weighted by Crippen LogP contribution is -2.57. The molecule has 1 atom stereocenters. The van der Waals surface area contributed by atoms with Crippen LogP contribution in [0, 0.1) is 0 Å². The zero-order valence-corrected chi connectivity index (χ0v) is 14.3. The van der Waals surface area contributed by atoms with Crippen molar-refractivity contribution in [3.8, 4) is 0 Å². The molecule has 0 bridgehead atoms. The molecule has 1 saturated carbocycles. The van der Waals surface area contributed by atoms with E-state index in [4.69, 9.17) is 10.5 Å². The predicted octanol–water partition coefficient (Wildman–Crippen LogP) is 2.08. The molecule has 2 fully saturated rings. The fourth-order valence-electron chi connectivity index (χ4n) is 4.04. The maximum atomic E-state index is 6.19. The van der Waals surface area contributed by atoms with Gasteiger partial charge in [0.2, 0.25) is 0 Å². The summed E-state index contributed by atoms with van der Waals surface area (Å²) < 4.78 is 6.06. The lowest BCUT2D eigenvalue weighted by atomic mass is 9.94. The van der Waals surface area contributed by atoms with E-state index in [0.717, 1.165) is 39.3 Å². The van der Waals surface area contributed by atoms with E-state index in [1.54, 1.807) is 0 Å². The largest absolute Gasteiger partial charge is 0.374 e. The Bertz CT molecular complexity index is 302. The van der Waals surface area contributed by atoms with Gasteiger partial charge in [-0.1, -0.05) is 19.8 Å². The van der Waals surface area contributed by atoms with E-state index in [9.17, 15) is 0 Å². The van der Waals surface area contributed by atoms with Crippen molar-refractivity contribution in [2.45, 2.75) is 70.6 Å². The molecule has 1 aliphatic carbocycles. The lowest BCUT2D eigenvalue weighted by Gasteiger charge is -2.44. The second kappa shape index (κ2) is 7.91. The van der Waals surface area contributed by atoms with Crippen LogP contribution in [0.2, 0.25) is 0 Å². The van der Waals surface area contributed by atoms with Gasteiger partial charge in [-0.05, 0) is 39.7 Å². The minimum atomic E-state index is 0.249. The molecule has 2 aliphatic rings. The third-order valence-electron chi connectivity index (χ3n) is 5.40. The smallest absolute Gasteiger partial charge is 0.0829 e. The second-order valence-electron chi connectivity index (χ2n) is 7.16. The average Bonchev–Trinajstić information content (AvgIpc) is 2.97. The van der Waals surface area contributed by atoms with Gasteiger partial charge in [-0.25, -0.2) is 0 Å². The molecule has 2 N–H and O–H groups in total. The third kappa shape index (κ3) is 4.19. The van der Waals surface area contributed by atoms with Crippen LogP contribution in [0.25, 0.3) is 0 Å². The highest BCUT2D eigenvalue weighted by Gasteiger charge is 2.39. The van der Waals surface area contributed by atoms with Gasteiger partial charge in [-0.3, -0.25) is 9.80 Å². The van der Waals surface area contributed by atoms with Crippen LogP contribution in [-0.2, 0) is 4.74 Å². The monoisotopic (exact) mass is 297 g/mol. The SMILES string of the molecule is CCCN(CC1CN(C(C)C)CCO1)C1(CN)CCCC1. The molecule has 0 aromatic carbocycles. The summed E-state index contributed by atoms with van der Waals surface area (Å²) in [5.74, 6) is 0. The fraction of sp³-hybridized carbons (Fsp3) is 1.00. The van der Waals surface area contributed by atoms with E-state index < -0.39 is 0 Å². The van der Waals surface area contributed by atoms with Gasteiger partial charge in [0.25, 0.3) is 0 Å². The molecule has 1 aliphatic heterocycles. The summed E-state index contributed by atoms with van der Waals surface area (Å²) in [5, 5.41) is 0. The Morgan fingerprint density at radius 2 is 2.05 bits per heavy atom. The number of hydrogen-bond acceptors (Lipinski definition) is 4. The summed E-state index contributed by atoms with van der Waals surface area (Å²) in [4.78, 5) is 5.20. The van der Waals surface area contributed by atoms with Gasteiger partial charge in [0.1, 0.15) is 0 Å². The molecule has 0 amide bonds. The van der Waals surface area contributed by atoms with E-state index in [1.165, 1.54) is 32.1 Å². The van der Waals surface area contributed by atoms with E-state index in [0.29, 0.717) is 12.1 Å². The Hall–Kier alpha value is -0.160. The third-order valence-corrected chi connectivity index (χ3v) is 5.40. The van der Waals surface area contributed by atoms with E-state index in [1.807, 2.05) is 0 Å². The molecular weight excluding hydrogens is 262 g/mol. The molecule has 1 unspecified atom stereocenters. The van der Waals surface area contributed by atoms with E-state index >= 15 is 0 Å². The Labute approximate surface area is 131 Å². The Morgan fingerprint density at radius 3 is 2.62 bits per heavy atom. The van der Waals surface area contributed by atoms with E-state index in [-0.39, 0.29) is 5.54 Å². The predicted molar refractivity (Wildman–Crippen MR) is 88.6 cm³/mol. The first-order valence-corrected chi connectivity index (χ1v) is 8.92. The van der Waals surface area contributed by atoms with Gasteiger partial charge in [0.15, 0.2) is 0 Å². The number of rotatable bonds is 7. The fourth-order valence-corrected chi connectivity index (χ4v) is 4.04. The van der Waals surface area contributed by atoms with Crippen molar-refractivity contribution in [2.75, 3.05) is 39.3 Å². The first-order valence-electron chi connectivity index (χ1n) is 8.92. The van der Waals surface area contributed by atoms with Crippen LogP contribution in [0.5, 0.6) is 0 Å². The number of nitrogens with two attached hydrogens (primary N) is 1. The van der Waals surface area contributed by atoms with Crippen molar-refractivity contribution in [2.24, 2.45) is 5.73 Å². The zero-order valence-electron chi connectivity index (χ0n) is 14.3. The molecule has 1 heterocycles. The van der Waals surface area contributed by atoms with Gasteiger partial charge < -0.3 is 10.5 Å². The van der Waals surface area contributed by atoms with Crippen molar-refractivity contribution >= 4 is 0 Å². The van der Waals surface area contributed by atoms with Crippen LogP contribution in [0.4, 0.5) is 0 Å². The first-order chi connectivity index (χ1) is 10.1. The van der Waals surface area contributed by atoms with Crippen LogP contribution in [-0.4, -0.2) is 66.8 Å². The average molecular weight is 297 g/mol. The van der Waals surface area contributed by atoms with Gasteiger partial charge in [-0.2, -0.15) is 0 Å². The normalized spacial score (nSPS) is 26.9. The molecule has 124 valence electrons. The molecule has 0 spiro atoms. The molecule has 2 rings (SSSR count). The molecule has 1 saturated heterocycles.